The van der Waals surface area contributed by atoms with Crippen LogP contribution in [0.5, 0.6) is 0 Å². The molecule has 2 nitrogen and oxygen atoms in total. The van der Waals surface area contributed by atoms with E-state index in [1.807, 2.05) is 0 Å². The van der Waals surface area contributed by atoms with Gasteiger partial charge in [-0.05, 0) is 57.9 Å². The second-order valence-electron chi connectivity index (χ2n) is 6.06. The molecule has 0 aromatic carbocycles. The topological polar surface area (TPSA) is 21.3 Å². The molecular weight excluding hydrogens is 186 g/mol. The van der Waals surface area contributed by atoms with Crippen LogP contribution in [0.4, 0.5) is 0 Å². The van der Waals surface area contributed by atoms with Crippen molar-refractivity contribution < 1.29 is 4.74 Å². The lowest BCUT2D eigenvalue weighted by Crippen LogP contribution is -2.38. The average molecular weight is 211 g/mol. The van der Waals surface area contributed by atoms with Gasteiger partial charge in [-0.2, -0.15) is 0 Å². The Morgan fingerprint density at radius 2 is 1.93 bits per heavy atom. The molecule has 1 N–H and O–H groups in total. The van der Waals surface area contributed by atoms with Crippen LogP contribution in [-0.2, 0) is 4.74 Å². The van der Waals surface area contributed by atoms with Gasteiger partial charge in [0.1, 0.15) is 0 Å². The van der Waals surface area contributed by atoms with Crippen molar-refractivity contribution in [1.29, 1.82) is 0 Å². The SMILES string of the molecule is CCNC1CCC2(CC1)COC(C)(C)C2. The summed E-state index contributed by atoms with van der Waals surface area (Å²) >= 11 is 0. The largest absolute Gasteiger partial charge is 0.375 e. The Hall–Kier alpha value is -0.0800. The maximum absolute atomic E-state index is 5.91. The van der Waals surface area contributed by atoms with Gasteiger partial charge < -0.3 is 10.1 Å². The molecule has 2 fully saturated rings. The lowest BCUT2D eigenvalue weighted by Gasteiger charge is -2.37. The van der Waals surface area contributed by atoms with Gasteiger partial charge in [0.15, 0.2) is 0 Å². The van der Waals surface area contributed by atoms with Crippen LogP contribution in [0.3, 0.4) is 0 Å². The second-order valence-corrected chi connectivity index (χ2v) is 6.06. The monoisotopic (exact) mass is 211 g/mol. The Kier molecular flexibility index (Phi) is 3.09. The Bertz CT molecular complexity index is 217. The van der Waals surface area contributed by atoms with Gasteiger partial charge in [-0.3, -0.25) is 0 Å². The molecule has 1 aliphatic heterocycles. The maximum Gasteiger partial charge on any atom is 0.0632 e. The van der Waals surface area contributed by atoms with Crippen molar-refractivity contribution in [3.8, 4) is 0 Å². The van der Waals surface area contributed by atoms with Crippen molar-refractivity contribution in [2.24, 2.45) is 5.41 Å². The van der Waals surface area contributed by atoms with Crippen LogP contribution in [0.25, 0.3) is 0 Å². The van der Waals surface area contributed by atoms with Crippen LogP contribution in [0, 0.1) is 5.41 Å². The highest BCUT2D eigenvalue weighted by Crippen LogP contribution is 2.48. The van der Waals surface area contributed by atoms with E-state index in [1.165, 1.54) is 32.1 Å². The minimum absolute atomic E-state index is 0.130. The molecule has 0 atom stereocenters. The summed E-state index contributed by atoms with van der Waals surface area (Å²) in [6, 6.07) is 0.768. The molecule has 1 saturated heterocycles. The van der Waals surface area contributed by atoms with E-state index in [0.717, 1.165) is 19.2 Å². The van der Waals surface area contributed by atoms with Gasteiger partial charge in [0, 0.05) is 6.04 Å². The minimum atomic E-state index is 0.130. The van der Waals surface area contributed by atoms with Gasteiger partial charge in [-0.15, -0.1) is 0 Å². The Labute approximate surface area is 93.8 Å². The van der Waals surface area contributed by atoms with Gasteiger partial charge in [0.2, 0.25) is 0 Å². The van der Waals surface area contributed by atoms with Crippen LogP contribution >= 0.6 is 0 Å². The lowest BCUT2D eigenvalue weighted by atomic mass is 9.70. The third kappa shape index (κ3) is 2.54. The first-order valence-corrected chi connectivity index (χ1v) is 6.43. The van der Waals surface area contributed by atoms with Gasteiger partial charge >= 0.3 is 0 Å². The van der Waals surface area contributed by atoms with Gasteiger partial charge in [0.05, 0.1) is 12.2 Å². The molecule has 0 bridgehead atoms. The first-order valence-electron chi connectivity index (χ1n) is 6.43. The van der Waals surface area contributed by atoms with E-state index in [1.54, 1.807) is 0 Å². The molecular formula is C13H25NO. The minimum Gasteiger partial charge on any atom is -0.375 e. The Balaban J connectivity index is 1.88. The van der Waals surface area contributed by atoms with Crippen molar-refractivity contribution in [2.75, 3.05) is 13.2 Å². The zero-order valence-electron chi connectivity index (χ0n) is 10.4. The molecule has 1 heterocycles. The second kappa shape index (κ2) is 4.06. The summed E-state index contributed by atoms with van der Waals surface area (Å²) in [6.07, 6.45) is 6.65. The molecule has 0 aromatic rings. The molecule has 0 unspecified atom stereocenters. The number of rotatable bonds is 2. The summed E-state index contributed by atoms with van der Waals surface area (Å²) in [5, 5.41) is 3.57. The molecule has 0 aromatic heterocycles. The fourth-order valence-electron chi connectivity index (χ4n) is 3.40. The van der Waals surface area contributed by atoms with Crippen molar-refractivity contribution >= 4 is 0 Å². The number of ether oxygens (including phenoxy) is 1. The van der Waals surface area contributed by atoms with Crippen molar-refractivity contribution in [3.05, 3.63) is 0 Å². The molecule has 0 amide bonds. The van der Waals surface area contributed by atoms with Crippen LogP contribution in [0.1, 0.15) is 52.9 Å². The first-order chi connectivity index (χ1) is 7.05. The van der Waals surface area contributed by atoms with Crippen LogP contribution in [0.2, 0.25) is 0 Å². The standard InChI is InChI=1S/C13H25NO/c1-4-14-11-5-7-13(8-6-11)9-12(2,3)15-10-13/h11,14H,4-10H2,1-3H3. The third-order valence-electron chi connectivity index (χ3n) is 4.11. The zero-order valence-corrected chi connectivity index (χ0v) is 10.4. The molecule has 0 radical (unpaired) electrons. The van der Waals surface area contributed by atoms with Crippen molar-refractivity contribution in [1.82, 2.24) is 5.32 Å². The summed E-state index contributed by atoms with van der Waals surface area (Å²) in [4.78, 5) is 0. The zero-order chi connectivity index (χ0) is 10.9. The summed E-state index contributed by atoms with van der Waals surface area (Å²) in [7, 11) is 0. The van der Waals surface area contributed by atoms with Crippen molar-refractivity contribution in [3.63, 3.8) is 0 Å². The Morgan fingerprint density at radius 1 is 1.27 bits per heavy atom. The third-order valence-corrected chi connectivity index (χ3v) is 4.11. The highest BCUT2D eigenvalue weighted by molar-refractivity contribution is 4.96. The van der Waals surface area contributed by atoms with Gasteiger partial charge in [-0.1, -0.05) is 6.92 Å². The van der Waals surface area contributed by atoms with E-state index in [0.29, 0.717) is 5.41 Å². The van der Waals surface area contributed by atoms with Gasteiger partial charge in [0.25, 0.3) is 0 Å². The number of hydrogen-bond donors (Lipinski definition) is 1. The molecule has 1 spiro atoms. The molecule has 2 heteroatoms. The number of hydrogen-bond acceptors (Lipinski definition) is 2. The molecule has 88 valence electrons. The van der Waals surface area contributed by atoms with E-state index in [4.69, 9.17) is 4.74 Å². The normalized spacial score (nSPS) is 39.8. The molecule has 1 saturated carbocycles. The average Bonchev–Trinajstić information content (AvgIpc) is 2.47. The van der Waals surface area contributed by atoms with Crippen LogP contribution in [-0.4, -0.2) is 24.8 Å². The van der Waals surface area contributed by atoms with E-state index in [2.05, 4.69) is 26.1 Å². The highest BCUT2D eigenvalue weighted by Gasteiger charge is 2.45. The Morgan fingerprint density at radius 3 is 2.40 bits per heavy atom. The summed E-state index contributed by atoms with van der Waals surface area (Å²) in [5.41, 5.74) is 0.653. The summed E-state index contributed by atoms with van der Waals surface area (Å²) in [6.45, 7) is 8.78. The van der Waals surface area contributed by atoms with E-state index in [9.17, 15) is 0 Å². The smallest absolute Gasteiger partial charge is 0.0632 e. The highest BCUT2D eigenvalue weighted by atomic mass is 16.5. The summed E-state index contributed by atoms with van der Waals surface area (Å²) < 4.78 is 5.91. The maximum atomic E-state index is 5.91. The first kappa shape index (κ1) is 11.4. The molecule has 1 aliphatic carbocycles. The fourth-order valence-corrected chi connectivity index (χ4v) is 3.40. The van der Waals surface area contributed by atoms with E-state index < -0.39 is 0 Å². The predicted octanol–water partition coefficient (Wildman–Crippen LogP) is 2.72. The quantitative estimate of drug-likeness (QED) is 0.758. The fraction of sp³-hybridized carbons (Fsp3) is 1.00. The van der Waals surface area contributed by atoms with Crippen molar-refractivity contribution in [2.45, 2.75) is 64.5 Å². The van der Waals surface area contributed by atoms with Crippen LogP contribution in [0.15, 0.2) is 0 Å². The number of nitrogens with one attached hydrogen (secondary N) is 1. The van der Waals surface area contributed by atoms with Crippen LogP contribution < -0.4 is 5.32 Å². The van der Waals surface area contributed by atoms with Gasteiger partial charge in [-0.25, -0.2) is 0 Å². The lowest BCUT2D eigenvalue weighted by molar-refractivity contribution is 0.0278. The van der Waals surface area contributed by atoms with E-state index in [-0.39, 0.29) is 5.60 Å². The molecule has 2 aliphatic rings. The predicted molar refractivity (Wildman–Crippen MR) is 63.0 cm³/mol. The summed E-state index contributed by atoms with van der Waals surface area (Å²) in [5.74, 6) is 0. The molecule has 15 heavy (non-hydrogen) atoms. The molecule has 2 rings (SSSR count). The van der Waals surface area contributed by atoms with E-state index >= 15 is 0 Å².